The summed E-state index contributed by atoms with van der Waals surface area (Å²) >= 11 is 0. The van der Waals surface area contributed by atoms with Crippen molar-refractivity contribution in [3.05, 3.63) is 24.3 Å². The lowest BCUT2D eigenvalue weighted by Crippen LogP contribution is -2.23. The van der Waals surface area contributed by atoms with E-state index in [-0.39, 0.29) is 24.0 Å². The van der Waals surface area contributed by atoms with Gasteiger partial charge in [0.1, 0.15) is 5.75 Å². The zero-order valence-electron chi connectivity index (χ0n) is 12.1. The van der Waals surface area contributed by atoms with Crippen LogP contribution >= 0.6 is 24.0 Å². The van der Waals surface area contributed by atoms with Crippen molar-refractivity contribution < 1.29 is 9.47 Å². The second-order valence-electron chi connectivity index (χ2n) is 4.09. The molecule has 114 valence electrons. The van der Waals surface area contributed by atoms with Gasteiger partial charge in [-0.25, -0.2) is 0 Å². The molecule has 1 aromatic rings. The average molecular weight is 393 g/mol. The minimum atomic E-state index is 0. The summed E-state index contributed by atoms with van der Waals surface area (Å²) in [4.78, 5) is 4.19. The van der Waals surface area contributed by atoms with E-state index < -0.39 is 0 Å². The number of benzene rings is 1. The Morgan fingerprint density at radius 2 is 1.95 bits per heavy atom. The van der Waals surface area contributed by atoms with Crippen LogP contribution in [0.15, 0.2) is 29.3 Å². The number of guanidine groups is 1. The van der Waals surface area contributed by atoms with Crippen molar-refractivity contribution in [2.24, 2.45) is 10.7 Å². The summed E-state index contributed by atoms with van der Waals surface area (Å²) in [5, 5.41) is 3.01. The van der Waals surface area contributed by atoms with Crippen molar-refractivity contribution in [1.82, 2.24) is 0 Å². The lowest BCUT2D eigenvalue weighted by atomic mass is 10.3. The molecular weight excluding hydrogens is 369 g/mol. The van der Waals surface area contributed by atoms with Crippen molar-refractivity contribution in [1.29, 1.82) is 0 Å². The summed E-state index contributed by atoms with van der Waals surface area (Å²) in [5.41, 5.74) is 6.65. The van der Waals surface area contributed by atoms with Crippen molar-refractivity contribution in [3.8, 4) is 5.75 Å². The summed E-state index contributed by atoms with van der Waals surface area (Å²) in [6.45, 7) is 4.10. The molecule has 0 atom stereocenters. The first-order chi connectivity index (χ1) is 9.26. The van der Waals surface area contributed by atoms with Crippen molar-refractivity contribution in [2.75, 3.05) is 32.2 Å². The fourth-order valence-electron chi connectivity index (χ4n) is 1.44. The average Bonchev–Trinajstić information content (AvgIpc) is 2.43. The van der Waals surface area contributed by atoms with Gasteiger partial charge in [0.15, 0.2) is 5.96 Å². The zero-order chi connectivity index (χ0) is 13.9. The Morgan fingerprint density at radius 3 is 2.55 bits per heavy atom. The van der Waals surface area contributed by atoms with E-state index in [1.165, 1.54) is 0 Å². The fraction of sp³-hybridized carbons (Fsp3) is 0.500. The standard InChI is InChI=1S/C14H23N3O2.HI/c1-3-4-10-19-11-9-16-14(15)17-12-5-7-13(18-2)8-6-12;/h5-8H,3-4,9-11H2,1-2H3,(H3,15,16,17);1H. The third-order valence-corrected chi connectivity index (χ3v) is 2.52. The van der Waals surface area contributed by atoms with E-state index in [1.54, 1.807) is 7.11 Å². The van der Waals surface area contributed by atoms with Crippen molar-refractivity contribution in [3.63, 3.8) is 0 Å². The van der Waals surface area contributed by atoms with E-state index in [4.69, 9.17) is 15.2 Å². The van der Waals surface area contributed by atoms with E-state index in [0.717, 1.165) is 30.9 Å². The Balaban J connectivity index is 0.00000361. The largest absolute Gasteiger partial charge is 0.497 e. The maximum atomic E-state index is 5.77. The van der Waals surface area contributed by atoms with Gasteiger partial charge in [-0.3, -0.25) is 4.99 Å². The highest BCUT2D eigenvalue weighted by atomic mass is 127. The smallest absolute Gasteiger partial charge is 0.193 e. The number of methoxy groups -OCH3 is 1. The number of anilines is 1. The van der Waals surface area contributed by atoms with Gasteiger partial charge >= 0.3 is 0 Å². The maximum Gasteiger partial charge on any atom is 0.193 e. The van der Waals surface area contributed by atoms with Crippen LogP contribution in [0, 0.1) is 0 Å². The maximum absolute atomic E-state index is 5.77. The van der Waals surface area contributed by atoms with Gasteiger partial charge in [-0.2, -0.15) is 0 Å². The van der Waals surface area contributed by atoms with Crippen LogP contribution in [0.25, 0.3) is 0 Å². The molecule has 0 aliphatic carbocycles. The molecule has 3 N–H and O–H groups in total. The predicted molar refractivity (Wildman–Crippen MR) is 94.2 cm³/mol. The Hall–Kier alpha value is -1.02. The number of hydrogen-bond donors (Lipinski definition) is 2. The van der Waals surface area contributed by atoms with Crippen LogP contribution in [0.1, 0.15) is 19.8 Å². The van der Waals surface area contributed by atoms with E-state index in [1.807, 2.05) is 24.3 Å². The minimum absolute atomic E-state index is 0. The molecular formula is C14H24IN3O2. The molecule has 0 heterocycles. The number of unbranched alkanes of at least 4 members (excludes halogenated alkanes) is 1. The molecule has 0 spiro atoms. The topological polar surface area (TPSA) is 68.9 Å². The highest BCUT2D eigenvalue weighted by Gasteiger charge is 1.96. The summed E-state index contributed by atoms with van der Waals surface area (Å²) in [6.07, 6.45) is 2.23. The van der Waals surface area contributed by atoms with Crippen LogP contribution in [0.4, 0.5) is 5.69 Å². The number of hydrogen-bond acceptors (Lipinski definition) is 3. The molecule has 6 heteroatoms. The first-order valence-electron chi connectivity index (χ1n) is 6.55. The summed E-state index contributed by atoms with van der Waals surface area (Å²) in [7, 11) is 1.64. The molecule has 0 bridgehead atoms. The van der Waals surface area contributed by atoms with Crippen LogP contribution < -0.4 is 15.8 Å². The van der Waals surface area contributed by atoms with E-state index in [9.17, 15) is 0 Å². The number of aliphatic imine (C=N–C) groups is 1. The van der Waals surface area contributed by atoms with Crippen LogP contribution in [-0.4, -0.2) is 32.8 Å². The summed E-state index contributed by atoms with van der Waals surface area (Å²) in [5.74, 6) is 1.20. The molecule has 20 heavy (non-hydrogen) atoms. The van der Waals surface area contributed by atoms with Gasteiger partial charge in [0.25, 0.3) is 0 Å². The third kappa shape index (κ3) is 8.21. The highest BCUT2D eigenvalue weighted by molar-refractivity contribution is 14.0. The molecule has 0 aromatic heterocycles. The molecule has 1 aromatic carbocycles. The van der Waals surface area contributed by atoms with Gasteiger partial charge in [-0.1, -0.05) is 13.3 Å². The molecule has 0 saturated carbocycles. The minimum Gasteiger partial charge on any atom is -0.497 e. The Morgan fingerprint density at radius 1 is 1.25 bits per heavy atom. The second-order valence-corrected chi connectivity index (χ2v) is 4.09. The molecule has 0 amide bonds. The molecule has 0 fully saturated rings. The summed E-state index contributed by atoms with van der Waals surface area (Å²) < 4.78 is 10.5. The van der Waals surface area contributed by atoms with Gasteiger partial charge in [-0.15, -0.1) is 24.0 Å². The Labute approximate surface area is 138 Å². The SMILES string of the molecule is CCCCOCCN=C(N)Nc1ccc(OC)cc1.I. The molecule has 1 rings (SSSR count). The van der Waals surface area contributed by atoms with E-state index in [2.05, 4.69) is 17.2 Å². The van der Waals surface area contributed by atoms with Gasteiger partial charge in [0.05, 0.1) is 20.3 Å². The monoisotopic (exact) mass is 393 g/mol. The van der Waals surface area contributed by atoms with Crippen molar-refractivity contribution >= 4 is 35.6 Å². The fourth-order valence-corrected chi connectivity index (χ4v) is 1.44. The molecule has 5 nitrogen and oxygen atoms in total. The lowest BCUT2D eigenvalue weighted by molar-refractivity contribution is 0.139. The Kier molecular flexibility index (Phi) is 11.2. The van der Waals surface area contributed by atoms with Gasteiger partial charge < -0.3 is 20.5 Å². The normalized spacial score (nSPS) is 10.8. The second kappa shape index (κ2) is 11.8. The van der Waals surface area contributed by atoms with Gasteiger partial charge in [0, 0.05) is 12.3 Å². The molecule has 0 saturated heterocycles. The predicted octanol–water partition coefficient (Wildman–Crippen LogP) is 2.86. The Bertz CT molecular complexity index is 383. The number of halogens is 1. The number of rotatable bonds is 8. The van der Waals surface area contributed by atoms with Crippen LogP contribution in [-0.2, 0) is 4.74 Å². The molecule has 0 radical (unpaired) electrons. The lowest BCUT2D eigenvalue weighted by Gasteiger charge is -2.06. The van der Waals surface area contributed by atoms with Crippen LogP contribution in [0.3, 0.4) is 0 Å². The van der Waals surface area contributed by atoms with E-state index >= 15 is 0 Å². The van der Waals surface area contributed by atoms with Crippen LogP contribution in [0.5, 0.6) is 5.75 Å². The molecule has 0 aliphatic heterocycles. The summed E-state index contributed by atoms with van der Waals surface area (Å²) in [6, 6.07) is 7.50. The van der Waals surface area contributed by atoms with Crippen LogP contribution in [0.2, 0.25) is 0 Å². The first-order valence-corrected chi connectivity index (χ1v) is 6.55. The quantitative estimate of drug-likeness (QED) is 0.309. The highest BCUT2D eigenvalue weighted by Crippen LogP contribution is 2.14. The molecule has 0 unspecified atom stereocenters. The van der Waals surface area contributed by atoms with Gasteiger partial charge in [-0.05, 0) is 30.7 Å². The van der Waals surface area contributed by atoms with Gasteiger partial charge in [0.2, 0.25) is 0 Å². The van der Waals surface area contributed by atoms with E-state index in [0.29, 0.717) is 19.1 Å². The number of nitrogens with two attached hydrogens (primary N) is 1. The van der Waals surface area contributed by atoms with Crippen molar-refractivity contribution in [2.45, 2.75) is 19.8 Å². The first kappa shape index (κ1) is 19.0. The number of nitrogens with one attached hydrogen (secondary N) is 1. The zero-order valence-corrected chi connectivity index (χ0v) is 14.4. The number of nitrogens with zero attached hydrogens (tertiary/aromatic N) is 1. The molecule has 0 aliphatic rings. The number of ether oxygens (including phenoxy) is 2. The third-order valence-electron chi connectivity index (χ3n) is 2.52.